The van der Waals surface area contributed by atoms with E-state index in [9.17, 15) is 9.59 Å². The van der Waals surface area contributed by atoms with Crippen molar-refractivity contribution in [2.24, 2.45) is 0 Å². The number of nitrogens with zero attached hydrogens (tertiary/aromatic N) is 1. The maximum atomic E-state index is 11.9. The molecular formula is C14H19N3O3. The fourth-order valence-electron chi connectivity index (χ4n) is 1.49. The molecular weight excluding hydrogens is 258 g/mol. The second-order valence-electron chi connectivity index (χ2n) is 4.25. The SMILES string of the molecule is CNCCN(C)C(=O)Nc1cccc(/C=C/C(=O)O)c1. The van der Waals surface area contributed by atoms with E-state index in [1.807, 2.05) is 7.05 Å². The van der Waals surface area contributed by atoms with E-state index in [1.165, 1.54) is 6.08 Å². The molecule has 1 rings (SSSR count). The molecule has 0 saturated carbocycles. The summed E-state index contributed by atoms with van der Waals surface area (Å²) in [6.45, 7) is 1.31. The Balaban J connectivity index is 2.66. The number of carboxylic acid groups (broad SMARTS) is 1. The molecule has 20 heavy (non-hydrogen) atoms. The molecule has 0 bridgehead atoms. The van der Waals surface area contributed by atoms with E-state index >= 15 is 0 Å². The van der Waals surface area contributed by atoms with Crippen LogP contribution in [0.4, 0.5) is 10.5 Å². The minimum Gasteiger partial charge on any atom is -0.478 e. The van der Waals surface area contributed by atoms with Gasteiger partial charge in [-0.15, -0.1) is 0 Å². The molecule has 0 unspecified atom stereocenters. The second kappa shape index (κ2) is 7.96. The first-order valence-electron chi connectivity index (χ1n) is 6.20. The quantitative estimate of drug-likeness (QED) is 0.688. The van der Waals surface area contributed by atoms with Gasteiger partial charge < -0.3 is 20.6 Å². The predicted molar refractivity (Wildman–Crippen MR) is 78.7 cm³/mol. The van der Waals surface area contributed by atoms with Gasteiger partial charge in [0.05, 0.1) is 0 Å². The summed E-state index contributed by atoms with van der Waals surface area (Å²) < 4.78 is 0. The van der Waals surface area contributed by atoms with Gasteiger partial charge in [-0.1, -0.05) is 12.1 Å². The molecule has 0 saturated heterocycles. The lowest BCUT2D eigenvalue weighted by atomic mass is 10.2. The molecule has 0 spiro atoms. The smallest absolute Gasteiger partial charge is 0.328 e. The Hall–Kier alpha value is -2.34. The van der Waals surface area contributed by atoms with Crippen LogP contribution in [0.25, 0.3) is 6.08 Å². The number of hydrogen-bond acceptors (Lipinski definition) is 3. The van der Waals surface area contributed by atoms with Crippen molar-refractivity contribution in [1.82, 2.24) is 10.2 Å². The third kappa shape index (κ3) is 5.53. The van der Waals surface area contributed by atoms with Crippen LogP contribution >= 0.6 is 0 Å². The van der Waals surface area contributed by atoms with Gasteiger partial charge in [-0.2, -0.15) is 0 Å². The highest BCUT2D eigenvalue weighted by atomic mass is 16.4. The first-order valence-corrected chi connectivity index (χ1v) is 6.20. The number of amides is 2. The number of hydrogen-bond donors (Lipinski definition) is 3. The van der Waals surface area contributed by atoms with Crippen molar-refractivity contribution in [3.05, 3.63) is 35.9 Å². The van der Waals surface area contributed by atoms with Gasteiger partial charge in [0.15, 0.2) is 0 Å². The maximum Gasteiger partial charge on any atom is 0.328 e. The van der Waals surface area contributed by atoms with Crippen molar-refractivity contribution in [1.29, 1.82) is 0 Å². The number of aliphatic carboxylic acids is 1. The normalized spacial score (nSPS) is 10.5. The van der Waals surface area contributed by atoms with Gasteiger partial charge in [-0.25, -0.2) is 9.59 Å². The van der Waals surface area contributed by atoms with Gasteiger partial charge in [-0.05, 0) is 30.8 Å². The number of nitrogens with one attached hydrogen (secondary N) is 2. The Morgan fingerprint density at radius 2 is 2.15 bits per heavy atom. The number of urea groups is 1. The lowest BCUT2D eigenvalue weighted by molar-refractivity contribution is -0.131. The summed E-state index contributed by atoms with van der Waals surface area (Å²) in [6.07, 6.45) is 2.53. The number of rotatable bonds is 6. The zero-order valence-corrected chi connectivity index (χ0v) is 11.6. The minimum absolute atomic E-state index is 0.209. The highest BCUT2D eigenvalue weighted by molar-refractivity contribution is 5.90. The summed E-state index contributed by atoms with van der Waals surface area (Å²) in [5.41, 5.74) is 1.34. The molecule has 6 nitrogen and oxygen atoms in total. The molecule has 6 heteroatoms. The number of carbonyl (C=O) groups excluding carboxylic acids is 1. The molecule has 0 fully saturated rings. The van der Waals surface area contributed by atoms with Crippen molar-refractivity contribution in [2.45, 2.75) is 0 Å². The van der Waals surface area contributed by atoms with E-state index in [4.69, 9.17) is 5.11 Å². The topological polar surface area (TPSA) is 81.7 Å². The van der Waals surface area contributed by atoms with Crippen molar-refractivity contribution >= 4 is 23.8 Å². The second-order valence-corrected chi connectivity index (χ2v) is 4.25. The summed E-state index contributed by atoms with van der Waals surface area (Å²) in [5, 5.41) is 14.3. The molecule has 0 atom stereocenters. The summed E-state index contributed by atoms with van der Waals surface area (Å²) in [7, 11) is 3.53. The van der Waals surface area contributed by atoms with E-state index in [0.717, 1.165) is 6.08 Å². The lowest BCUT2D eigenvalue weighted by Crippen LogP contribution is -2.35. The van der Waals surface area contributed by atoms with E-state index < -0.39 is 5.97 Å². The van der Waals surface area contributed by atoms with Crippen molar-refractivity contribution < 1.29 is 14.7 Å². The summed E-state index contributed by atoms with van der Waals surface area (Å²) in [6, 6.07) is 6.77. The molecule has 0 aliphatic carbocycles. The first-order chi connectivity index (χ1) is 9.52. The Kier molecular flexibility index (Phi) is 6.25. The minimum atomic E-state index is -1.01. The van der Waals surface area contributed by atoms with Crippen LogP contribution in [0.15, 0.2) is 30.3 Å². The van der Waals surface area contributed by atoms with Gasteiger partial charge in [0.1, 0.15) is 0 Å². The van der Waals surface area contributed by atoms with Gasteiger partial charge in [0.2, 0.25) is 0 Å². The van der Waals surface area contributed by atoms with Gasteiger partial charge in [-0.3, -0.25) is 0 Å². The first kappa shape index (κ1) is 15.7. The third-order valence-electron chi connectivity index (χ3n) is 2.60. The summed E-state index contributed by atoms with van der Waals surface area (Å²) in [4.78, 5) is 23.9. The fraction of sp³-hybridized carbons (Fsp3) is 0.286. The van der Waals surface area contributed by atoms with Gasteiger partial charge in [0.25, 0.3) is 0 Å². The number of benzene rings is 1. The lowest BCUT2D eigenvalue weighted by Gasteiger charge is -2.17. The Morgan fingerprint density at radius 3 is 2.80 bits per heavy atom. The largest absolute Gasteiger partial charge is 0.478 e. The highest BCUT2D eigenvalue weighted by Crippen LogP contribution is 2.12. The molecule has 0 heterocycles. The van der Waals surface area contributed by atoms with E-state index in [0.29, 0.717) is 24.3 Å². The third-order valence-corrected chi connectivity index (χ3v) is 2.60. The molecule has 0 aliphatic rings. The predicted octanol–water partition coefficient (Wildman–Crippen LogP) is 1.47. The van der Waals surface area contributed by atoms with Crippen LogP contribution in [0.1, 0.15) is 5.56 Å². The number of carbonyl (C=O) groups is 2. The van der Waals surface area contributed by atoms with Gasteiger partial charge in [0, 0.05) is 31.9 Å². The molecule has 2 amide bonds. The van der Waals surface area contributed by atoms with E-state index in [2.05, 4.69) is 10.6 Å². The zero-order chi connectivity index (χ0) is 15.0. The van der Waals surface area contributed by atoms with Crippen molar-refractivity contribution in [3.8, 4) is 0 Å². The molecule has 3 N–H and O–H groups in total. The van der Waals surface area contributed by atoms with Gasteiger partial charge >= 0.3 is 12.0 Å². The average Bonchev–Trinajstić information content (AvgIpc) is 2.42. The summed E-state index contributed by atoms with van der Waals surface area (Å²) >= 11 is 0. The Labute approximate surface area is 118 Å². The molecule has 0 radical (unpaired) electrons. The average molecular weight is 277 g/mol. The molecule has 1 aromatic carbocycles. The molecule has 1 aromatic rings. The highest BCUT2D eigenvalue weighted by Gasteiger charge is 2.07. The number of anilines is 1. The Bertz CT molecular complexity index is 500. The Morgan fingerprint density at radius 1 is 1.40 bits per heavy atom. The fourth-order valence-corrected chi connectivity index (χ4v) is 1.49. The molecule has 0 aromatic heterocycles. The van der Waals surface area contributed by atoms with Crippen LogP contribution in [-0.2, 0) is 4.79 Å². The number of likely N-dealkylation sites (N-methyl/N-ethyl adjacent to an activating group) is 2. The van der Waals surface area contributed by atoms with Crippen molar-refractivity contribution in [3.63, 3.8) is 0 Å². The van der Waals surface area contributed by atoms with E-state index in [1.54, 1.807) is 36.2 Å². The molecule has 0 aliphatic heterocycles. The zero-order valence-electron chi connectivity index (χ0n) is 11.6. The van der Waals surface area contributed by atoms with Crippen LogP contribution in [-0.4, -0.2) is 49.2 Å². The maximum absolute atomic E-state index is 11.9. The standard InChI is InChI=1S/C14H19N3O3/c1-15-8-9-17(2)14(20)16-12-5-3-4-11(10-12)6-7-13(18)19/h3-7,10,15H,8-9H2,1-2H3,(H,16,20)(H,18,19)/b7-6+. The van der Waals surface area contributed by atoms with Crippen molar-refractivity contribution in [2.75, 3.05) is 32.5 Å². The summed E-state index contributed by atoms with van der Waals surface area (Å²) in [5.74, 6) is -1.01. The van der Waals surface area contributed by atoms with Crippen LogP contribution in [0.2, 0.25) is 0 Å². The van der Waals surface area contributed by atoms with Crippen LogP contribution in [0.5, 0.6) is 0 Å². The number of carboxylic acids is 1. The monoisotopic (exact) mass is 277 g/mol. The van der Waals surface area contributed by atoms with E-state index in [-0.39, 0.29) is 6.03 Å². The molecule has 108 valence electrons. The van der Waals surface area contributed by atoms with Crippen LogP contribution < -0.4 is 10.6 Å². The van der Waals surface area contributed by atoms with Crippen LogP contribution in [0, 0.1) is 0 Å². The van der Waals surface area contributed by atoms with Crippen LogP contribution in [0.3, 0.4) is 0 Å².